The molecule has 0 saturated heterocycles. The van der Waals surface area contributed by atoms with Crippen LogP contribution in [-0.2, 0) is 24.3 Å². The van der Waals surface area contributed by atoms with E-state index in [4.69, 9.17) is 4.74 Å². The number of nitrogens with zero attached hydrogens (tertiary/aromatic N) is 3. The Bertz CT molecular complexity index is 1200. The van der Waals surface area contributed by atoms with Crippen LogP contribution in [0.2, 0.25) is 0 Å². The summed E-state index contributed by atoms with van der Waals surface area (Å²) in [6.07, 6.45) is 0.759. The molecule has 164 valence electrons. The van der Waals surface area contributed by atoms with E-state index in [0.717, 1.165) is 33.7 Å². The van der Waals surface area contributed by atoms with Gasteiger partial charge in [0.15, 0.2) is 0 Å². The van der Waals surface area contributed by atoms with Crippen molar-refractivity contribution in [1.82, 2.24) is 15.1 Å². The first-order valence-corrected chi connectivity index (χ1v) is 10.4. The van der Waals surface area contributed by atoms with Crippen molar-refractivity contribution >= 4 is 17.5 Å². The number of para-hydroxylation sites is 1. The van der Waals surface area contributed by atoms with Gasteiger partial charge in [-0.15, -0.1) is 0 Å². The van der Waals surface area contributed by atoms with E-state index < -0.39 is 5.56 Å². The number of aromatic nitrogens is 2. The standard InChI is InChI=1S/C24H24N4O4/c1-16-13-18-5-3-4-6-21(18)28(16)24(31)20-11-12-23(30)27(26-20)15-22(29)25-14-17-7-9-19(32-2)10-8-17/h3-12,16H,13-15H2,1-2H3,(H,25,29). The number of anilines is 1. The predicted molar refractivity (Wildman–Crippen MR) is 120 cm³/mol. The number of carbonyl (C=O) groups excluding carboxylic acids is 2. The molecule has 8 nitrogen and oxygen atoms in total. The second-order valence-electron chi connectivity index (χ2n) is 7.70. The summed E-state index contributed by atoms with van der Waals surface area (Å²) >= 11 is 0. The number of rotatable bonds is 6. The minimum Gasteiger partial charge on any atom is -0.497 e. The van der Waals surface area contributed by atoms with Crippen LogP contribution in [0.15, 0.2) is 65.5 Å². The number of benzene rings is 2. The number of carbonyl (C=O) groups is 2. The largest absolute Gasteiger partial charge is 0.497 e. The quantitative estimate of drug-likeness (QED) is 0.644. The topological polar surface area (TPSA) is 93.5 Å². The Morgan fingerprint density at radius 3 is 2.59 bits per heavy atom. The highest BCUT2D eigenvalue weighted by Crippen LogP contribution is 2.32. The van der Waals surface area contributed by atoms with Crippen LogP contribution in [0, 0.1) is 0 Å². The van der Waals surface area contributed by atoms with Gasteiger partial charge in [0.2, 0.25) is 5.91 Å². The molecule has 0 bridgehead atoms. The van der Waals surface area contributed by atoms with E-state index in [9.17, 15) is 14.4 Å². The van der Waals surface area contributed by atoms with E-state index in [1.54, 1.807) is 24.1 Å². The zero-order valence-corrected chi connectivity index (χ0v) is 17.9. The Labute approximate surface area is 185 Å². The fourth-order valence-electron chi connectivity index (χ4n) is 3.81. The number of hydrogen-bond donors (Lipinski definition) is 1. The first-order valence-electron chi connectivity index (χ1n) is 10.4. The van der Waals surface area contributed by atoms with Gasteiger partial charge in [-0.05, 0) is 48.7 Å². The van der Waals surface area contributed by atoms with Gasteiger partial charge in [-0.3, -0.25) is 14.4 Å². The molecule has 1 aliphatic rings. The molecule has 3 aromatic rings. The fraction of sp³-hybridized carbons (Fsp3) is 0.250. The SMILES string of the molecule is COc1ccc(CNC(=O)Cn2nc(C(=O)N3c4ccccc4CC3C)ccc2=O)cc1. The van der Waals surface area contributed by atoms with Crippen LogP contribution in [0.25, 0.3) is 0 Å². The molecule has 2 aromatic carbocycles. The number of fused-ring (bicyclic) bond motifs is 1. The van der Waals surface area contributed by atoms with Crippen LogP contribution < -0.4 is 20.5 Å². The molecule has 0 spiro atoms. The summed E-state index contributed by atoms with van der Waals surface area (Å²) in [6, 6.07) is 17.7. The highest BCUT2D eigenvalue weighted by molar-refractivity contribution is 6.06. The van der Waals surface area contributed by atoms with E-state index >= 15 is 0 Å². The lowest BCUT2D eigenvalue weighted by Crippen LogP contribution is -2.38. The summed E-state index contributed by atoms with van der Waals surface area (Å²) in [6.45, 7) is 2.00. The van der Waals surface area contributed by atoms with Gasteiger partial charge >= 0.3 is 0 Å². The molecule has 0 aliphatic carbocycles. The smallest absolute Gasteiger partial charge is 0.278 e. The molecule has 4 rings (SSSR count). The van der Waals surface area contributed by atoms with Crippen LogP contribution in [0.1, 0.15) is 28.5 Å². The van der Waals surface area contributed by atoms with E-state index in [1.807, 2.05) is 43.3 Å². The van der Waals surface area contributed by atoms with Crippen molar-refractivity contribution in [2.45, 2.75) is 32.5 Å². The van der Waals surface area contributed by atoms with Crippen LogP contribution in [-0.4, -0.2) is 34.7 Å². The molecule has 1 N–H and O–H groups in total. The van der Waals surface area contributed by atoms with Crippen LogP contribution in [0.5, 0.6) is 5.75 Å². The first kappa shape index (κ1) is 21.3. The van der Waals surface area contributed by atoms with Crippen molar-refractivity contribution in [2.24, 2.45) is 0 Å². The van der Waals surface area contributed by atoms with Gasteiger partial charge in [0.1, 0.15) is 18.0 Å². The lowest BCUT2D eigenvalue weighted by molar-refractivity contribution is -0.122. The molecule has 0 fully saturated rings. The Morgan fingerprint density at radius 2 is 1.84 bits per heavy atom. The normalized spacial score (nSPS) is 14.7. The molecule has 0 radical (unpaired) electrons. The molecule has 2 heterocycles. The minimum absolute atomic E-state index is 0.0186. The van der Waals surface area contributed by atoms with E-state index in [2.05, 4.69) is 10.4 Å². The van der Waals surface area contributed by atoms with Crippen molar-refractivity contribution in [2.75, 3.05) is 12.0 Å². The Kier molecular flexibility index (Phi) is 6.02. The zero-order chi connectivity index (χ0) is 22.7. The average molecular weight is 432 g/mol. The Morgan fingerprint density at radius 1 is 1.09 bits per heavy atom. The number of nitrogens with one attached hydrogen (secondary N) is 1. The number of ether oxygens (including phenoxy) is 1. The number of amides is 2. The second kappa shape index (κ2) is 9.05. The number of hydrogen-bond acceptors (Lipinski definition) is 5. The summed E-state index contributed by atoms with van der Waals surface area (Å²) in [4.78, 5) is 39.5. The molecule has 1 aromatic heterocycles. The first-order chi connectivity index (χ1) is 15.5. The van der Waals surface area contributed by atoms with Gasteiger partial charge in [0.25, 0.3) is 11.5 Å². The molecular formula is C24H24N4O4. The molecule has 0 saturated carbocycles. The van der Waals surface area contributed by atoms with Crippen LogP contribution in [0.3, 0.4) is 0 Å². The highest BCUT2D eigenvalue weighted by Gasteiger charge is 2.32. The van der Waals surface area contributed by atoms with Gasteiger partial charge in [0.05, 0.1) is 7.11 Å². The monoisotopic (exact) mass is 432 g/mol. The van der Waals surface area contributed by atoms with Crippen molar-refractivity contribution in [3.8, 4) is 5.75 Å². The average Bonchev–Trinajstić information content (AvgIpc) is 3.14. The van der Waals surface area contributed by atoms with Crippen molar-refractivity contribution < 1.29 is 14.3 Å². The van der Waals surface area contributed by atoms with Crippen LogP contribution in [0.4, 0.5) is 5.69 Å². The van der Waals surface area contributed by atoms with E-state index in [1.165, 1.54) is 12.1 Å². The lowest BCUT2D eigenvalue weighted by atomic mass is 10.1. The second-order valence-corrected chi connectivity index (χ2v) is 7.70. The number of methoxy groups -OCH3 is 1. The van der Waals surface area contributed by atoms with Crippen molar-refractivity contribution in [1.29, 1.82) is 0 Å². The summed E-state index contributed by atoms with van der Waals surface area (Å²) in [5.41, 5.74) is 2.51. The van der Waals surface area contributed by atoms with Gasteiger partial charge in [-0.1, -0.05) is 30.3 Å². The summed E-state index contributed by atoms with van der Waals surface area (Å²) in [5, 5.41) is 6.94. The molecule has 1 atom stereocenters. The third-order valence-electron chi connectivity index (χ3n) is 5.45. The van der Waals surface area contributed by atoms with Crippen molar-refractivity contribution in [3.63, 3.8) is 0 Å². The maximum atomic E-state index is 13.2. The summed E-state index contributed by atoms with van der Waals surface area (Å²) in [7, 11) is 1.59. The highest BCUT2D eigenvalue weighted by atomic mass is 16.5. The maximum absolute atomic E-state index is 13.2. The predicted octanol–water partition coefficient (Wildman–Crippen LogP) is 2.16. The maximum Gasteiger partial charge on any atom is 0.278 e. The Hall–Kier alpha value is -3.94. The van der Waals surface area contributed by atoms with Gasteiger partial charge in [0, 0.05) is 24.3 Å². The molecule has 32 heavy (non-hydrogen) atoms. The Balaban J connectivity index is 1.46. The molecule has 8 heteroatoms. The third kappa shape index (κ3) is 4.39. The third-order valence-corrected chi connectivity index (χ3v) is 5.45. The van der Waals surface area contributed by atoms with Gasteiger partial charge in [-0.25, -0.2) is 4.68 Å². The van der Waals surface area contributed by atoms with Crippen LogP contribution >= 0.6 is 0 Å². The van der Waals surface area contributed by atoms with Crippen molar-refractivity contribution in [3.05, 3.63) is 87.8 Å². The molecule has 1 aliphatic heterocycles. The minimum atomic E-state index is -0.448. The summed E-state index contributed by atoms with van der Waals surface area (Å²) < 4.78 is 6.13. The van der Waals surface area contributed by atoms with Gasteiger partial charge in [-0.2, -0.15) is 5.10 Å². The summed E-state index contributed by atoms with van der Waals surface area (Å²) in [5.74, 6) is 0.0574. The molecular weight excluding hydrogens is 408 g/mol. The lowest BCUT2D eigenvalue weighted by Gasteiger charge is -2.22. The zero-order valence-electron chi connectivity index (χ0n) is 17.9. The molecule has 2 amide bonds. The van der Waals surface area contributed by atoms with E-state index in [-0.39, 0.29) is 30.1 Å². The fourth-order valence-corrected chi connectivity index (χ4v) is 3.81. The van der Waals surface area contributed by atoms with E-state index in [0.29, 0.717) is 6.54 Å². The molecule has 1 unspecified atom stereocenters. The van der Waals surface area contributed by atoms with Gasteiger partial charge < -0.3 is 15.0 Å².